The van der Waals surface area contributed by atoms with Crippen molar-refractivity contribution < 1.29 is 19.2 Å². The molecular weight excluding hydrogens is 360 g/mol. The third-order valence-corrected chi connectivity index (χ3v) is 4.77. The zero-order chi connectivity index (χ0) is 19.8. The molecule has 0 spiro atoms. The van der Waals surface area contributed by atoms with Crippen molar-refractivity contribution in [3.63, 3.8) is 0 Å². The van der Waals surface area contributed by atoms with Crippen LogP contribution in [0.25, 0.3) is 5.69 Å². The van der Waals surface area contributed by atoms with Crippen LogP contribution >= 0.6 is 0 Å². The smallest absolute Gasteiger partial charge is 0.269 e. The number of unbranched alkanes of at least 4 members (excludes halogenated alkanes) is 1. The molecule has 0 aliphatic heterocycles. The van der Waals surface area contributed by atoms with Crippen molar-refractivity contribution in [2.45, 2.75) is 26.3 Å². The lowest BCUT2D eigenvalue weighted by molar-refractivity contribution is -0.756. The molecule has 2 aromatic carbocycles. The quantitative estimate of drug-likeness (QED) is 0.302. The fourth-order valence-electron chi connectivity index (χ4n) is 3.34. The molecule has 8 heteroatoms. The van der Waals surface area contributed by atoms with E-state index in [1.54, 1.807) is 28.9 Å². The third kappa shape index (κ3) is 2.70. The lowest BCUT2D eigenvalue weighted by Gasteiger charge is -2.11. The summed E-state index contributed by atoms with van der Waals surface area (Å²) in [6.45, 7) is 2.53. The van der Waals surface area contributed by atoms with Gasteiger partial charge in [-0.05, 0) is 18.6 Å². The van der Waals surface area contributed by atoms with Gasteiger partial charge >= 0.3 is 0 Å². The van der Waals surface area contributed by atoms with Crippen molar-refractivity contribution >= 4 is 17.3 Å². The van der Waals surface area contributed by atoms with E-state index in [-0.39, 0.29) is 28.6 Å². The largest absolute Gasteiger partial charge is 0.284 e. The van der Waals surface area contributed by atoms with E-state index in [4.69, 9.17) is 0 Å². The van der Waals surface area contributed by atoms with Crippen LogP contribution in [-0.4, -0.2) is 26.4 Å². The number of carbonyl (C=O) groups excluding carboxylic acids is 2. The number of aromatic nitrogens is 3. The van der Waals surface area contributed by atoms with Gasteiger partial charge in [0.2, 0.25) is 17.3 Å². The first-order chi connectivity index (χ1) is 13.5. The van der Waals surface area contributed by atoms with Crippen LogP contribution in [0.3, 0.4) is 0 Å². The summed E-state index contributed by atoms with van der Waals surface area (Å²) < 4.78 is 2.97. The highest BCUT2D eigenvalue weighted by molar-refractivity contribution is 6.26. The maximum atomic E-state index is 13.2. The summed E-state index contributed by atoms with van der Waals surface area (Å²) in [5, 5.41) is 15.4. The average Bonchev–Trinajstić information content (AvgIpc) is 3.10. The molecule has 0 fully saturated rings. The van der Waals surface area contributed by atoms with Gasteiger partial charge in [0.15, 0.2) is 5.69 Å². The zero-order valence-corrected chi connectivity index (χ0v) is 15.2. The Balaban J connectivity index is 1.91. The maximum absolute atomic E-state index is 13.2. The van der Waals surface area contributed by atoms with E-state index < -0.39 is 4.92 Å². The van der Waals surface area contributed by atoms with Crippen molar-refractivity contribution in [3.8, 4) is 5.69 Å². The van der Waals surface area contributed by atoms with Crippen molar-refractivity contribution in [2.75, 3.05) is 0 Å². The number of ketones is 2. The summed E-state index contributed by atoms with van der Waals surface area (Å²) in [5.41, 5.74) is 1.58. The van der Waals surface area contributed by atoms with Gasteiger partial charge in [-0.2, -0.15) is 0 Å². The van der Waals surface area contributed by atoms with E-state index in [0.717, 1.165) is 12.8 Å². The molecule has 0 bridgehead atoms. The molecule has 0 amide bonds. The fraction of sp³-hybridized carbons (Fsp3) is 0.200. The summed E-state index contributed by atoms with van der Waals surface area (Å²) >= 11 is 0. The molecule has 0 saturated heterocycles. The molecular formula is C20H17N4O4+. The number of hydrogen-bond acceptors (Lipinski definition) is 5. The van der Waals surface area contributed by atoms with Crippen LogP contribution in [0.1, 0.15) is 51.9 Å². The van der Waals surface area contributed by atoms with Gasteiger partial charge in [-0.1, -0.05) is 42.3 Å². The minimum absolute atomic E-state index is 0.0589. The third-order valence-electron chi connectivity index (χ3n) is 4.77. The first-order valence-corrected chi connectivity index (χ1v) is 8.99. The molecule has 3 aromatic rings. The first kappa shape index (κ1) is 17.7. The molecule has 140 valence electrons. The van der Waals surface area contributed by atoms with Gasteiger partial charge in [0, 0.05) is 23.3 Å². The Morgan fingerprint density at radius 3 is 2.29 bits per heavy atom. The monoisotopic (exact) mass is 377 g/mol. The number of nitro groups is 1. The Bertz CT molecular complexity index is 1120. The van der Waals surface area contributed by atoms with E-state index in [1.807, 2.05) is 6.92 Å². The Morgan fingerprint density at radius 2 is 1.68 bits per heavy atom. The molecule has 1 aromatic heterocycles. The summed E-state index contributed by atoms with van der Waals surface area (Å²) in [6, 6.07) is 12.5. The second kappa shape index (κ2) is 6.80. The van der Waals surface area contributed by atoms with Crippen LogP contribution in [0.4, 0.5) is 5.69 Å². The van der Waals surface area contributed by atoms with Gasteiger partial charge in [-0.25, -0.2) is 0 Å². The van der Waals surface area contributed by atoms with E-state index >= 15 is 0 Å². The summed E-state index contributed by atoms with van der Waals surface area (Å²) in [4.78, 5) is 36.7. The van der Waals surface area contributed by atoms with Crippen molar-refractivity contribution in [1.29, 1.82) is 0 Å². The zero-order valence-electron chi connectivity index (χ0n) is 15.2. The summed E-state index contributed by atoms with van der Waals surface area (Å²) in [5.74, 6) is -0.527. The van der Waals surface area contributed by atoms with Crippen molar-refractivity contribution in [3.05, 3.63) is 81.2 Å². The molecule has 28 heavy (non-hydrogen) atoms. The summed E-state index contributed by atoms with van der Waals surface area (Å²) in [6.07, 6.45) is 1.71. The highest BCUT2D eigenvalue weighted by Gasteiger charge is 2.43. The number of benzene rings is 2. The highest BCUT2D eigenvalue weighted by Crippen LogP contribution is 2.27. The molecule has 1 heterocycles. The lowest BCUT2D eigenvalue weighted by Crippen LogP contribution is -2.43. The Morgan fingerprint density at radius 1 is 1.04 bits per heavy atom. The van der Waals surface area contributed by atoms with E-state index in [1.165, 1.54) is 28.9 Å². The number of fused-ring (bicyclic) bond motifs is 2. The number of non-ortho nitro benzene ring substituents is 1. The molecule has 8 nitrogen and oxygen atoms in total. The average molecular weight is 377 g/mol. The predicted molar refractivity (Wildman–Crippen MR) is 98.6 cm³/mol. The van der Waals surface area contributed by atoms with E-state index in [9.17, 15) is 19.7 Å². The number of nitro benzene ring substituents is 1. The second-order valence-corrected chi connectivity index (χ2v) is 6.55. The van der Waals surface area contributed by atoms with E-state index in [2.05, 4.69) is 5.21 Å². The number of carbonyl (C=O) groups is 2. The van der Waals surface area contributed by atoms with Crippen LogP contribution in [0, 0.1) is 10.1 Å². The first-order valence-electron chi connectivity index (χ1n) is 8.99. The van der Waals surface area contributed by atoms with Gasteiger partial charge < -0.3 is 0 Å². The maximum Gasteiger partial charge on any atom is 0.269 e. The molecule has 4 rings (SSSR count). The molecule has 0 N–H and O–H groups in total. The molecule has 0 unspecified atom stereocenters. The van der Waals surface area contributed by atoms with Crippen LogP contribution in [0.5, 0.6) is 0 Å². The molecule has 1 aliphatic rings. The Hall–Kier alpha value is -3.68. The SMILES string of the molecule is CCCC[n+]1nn(-c2ccc([N+](=O)[O-])cc2)c2c1C(=O)c1ccccc1C2=O. The van der Waals surface area contributed by atoms with Crippen LogP contribution < -0.4 is 4.68 Å². The molecule has 0 atom stereocenters. The molecule has 1 aliphatic carbocycles. The van der Waals surface area contributed by atoms with Gasteiger partial charge in [0.05, 0.1) is 10.1 Å². The van der Waals surface area contributed by atoms with Gasteiger partial charge in [0.1, 0.15) is 6.54 Å². The van der Waals surface area contributed by atoms with E-state index in [0.29, 0.717) is 23.4 Å². The van der Waals surface area contributed by atoms with Gasteiger partial charge in [0.25, 0.3) is 11.4 Å². The molecule has 0 radical (unpaired) electrons. The van der Waals surface area contributed by atoms with Crippen LogP contribution in [0.15, 0.2) is 48.5 Å². The minimum Gasteiger partial charge on any atom is -0.284 e. The minimum atomic E-state index is -0.491. The Kier molecular flexibility index (Phi) is 4.31. The number of rotatable bonds is 5. The number of aryl methyl sites for hydroxylation is 1. The van der Waals surface area contributed by atoms with Crippen LogP contribution in [0.2, 0.25) is 0 Å². The lowest BCUT2D eigenvalue weighted by atomic mass is 9.90. The topological polar surface area (TPSA) is 99.0 Å². The fourth-order valence-corrected chi connectivity index (χ4v) is 3.34. The second-order valence-electron chi connectivity index (χ2n) is 6.55. The summed E-state index contributed by atoms with van der Waals surface area (Å²) in [7, 11) is 0. The van der Waals surface area contributed by atoms with Crippen molar-refractivity contribution in [2.24, 2.45) is 0 Å². The normalized spacial score (nSPS) is 12.6. The molecule has 0 saturated carbocycles. The standard InChI is InChI=1S/C20H17N4O4/c1-2-3-12-22-17-18(20(26)16-7-5-4-6-15(16)19(17)25)23(21-22)13-8-10-14(11-9-13)24(27)28/h4-11H,2-3,12H2,1H3/q+1. The predicted octanol–water partition coefficient (Wildman–Crippen LogP) is 2.64. The number of nitrogens with zero attached hydrogens (tertiary/aromatic N) is 4. The van der Waals surface area contributed by atoms with Gasteiger partial charge in [-0.3, -0.25) is 19.7 Å². The van der Waals surface area contributed by atoms with Gasteiger partial charge in [-0.15, -0.1) is 4.68 Å². The van der Waals surface area contributed by atoms with Crippen molar-refractivity contribution in [1.82, 2.24) is 9.90 Å². The highest BCUT2D eigenvalue weighted by atomic mass is 16.6. The number of hydrogen-bond donors (Lipinski definition) is 0. The Labute approximate surface area is 160 Å². The van der Waals surface area contributed by atoms with Crippen LogP contribution in [-0.2, 0) is 6.54 Å².